The molecule has 3 rings (SSSR count). The smallest absolute Gasteiger partial charge is 0.280 e. The van der Waals surface area contributed by atoms with E-state index in [9.17, 15) is 23.3 Å². The summed E-state index contributed by atoms with van der Waals surface area (Å²) in [5.41, 5.74) is 0.710. The number of anilines is 1. The fourth-order valence-corrected chi connectivity index (χ4v) is 4.96. The van der Waals surface area contributed by atoms with Crippen LogP contribution in [0.1, 0.15) is 24.2 Å². The van der Waals surface area contributed by atoms with E-state index >= 15 is 0 Å². The molecule has 0 saturated carbocycles. The molecule has 0 spiro atoms. The zero-order valence-electron chi connectivity index (χ0n) is 14.8. The Kier molecular flexibility index (Phi) is 5.59. The van der Waals surface area contributed by atoms with Gasteiger partial charge in [0.25, 0.3) is 11.6 Å². The van der Waals surface area contributed by atoms with Crippen molar-refractivity contribution in [1.29, 1.82) is 0 Å². The van der Waals surface area contributed by atoms with E-state index in [1.165, 1.54) is 58.4 Å². The van der Waals surface area contributed by atoms with Crippen LogP contribution in [0.5, 0.6) is 0 Å². The second-order valence-corrected chi connectivity index (χ2v) is 10.3. The third-order valence-electron chi connectivity index (χ3n) is 3.82. The zero-order chi connectivity index (χ0) is 20.5. The van der Waals surface area contributed by atoms with Crippen LogP contribution in [-0.4, -0.2) is 29.5 Å². The van der Waals surface area contributed by atoms with Crippen LogP contribution in [0.25, 0.3) is 10.6 Å². The van der Waals surface area contributed by atoms with E-state index in [0.29, 0.717) is 15.7 Å². The molecule has 0 unspecified atom stereocenters. The average molecular weight is 438 g/mol. The topological polar surface area (TPSA) is 119 Å². The number of hydrogen-bond acceptors (Lipinski definition) is 8. The van der Waals surface area contributed by atoms with Gasteiger partial charge >= 0.3 is 0 Å². The highest BCUT2D eigenvalue weighted by Crippen LogP contribution is 2.33. The summed E-state index contributed by atoms with van der Waals surface area (Å²) < 4.78 is 24.6. The minimum absolute atomic E-state index is 0.0123. The van der Waals surface area contributed by atoms with Gasteiger partial charge in [-0.25, -0.2) is 13.4 Å². The molecule has 0 atom stereocenters. The van der Waals surface area contributed by atoms with Gasteiger partial charge in [-0.15, -0.1) is 22.7 Å². The molecule has 1 N–H and O–H groups in total. The van der Waals surface area contributed by atoms with Crippen LogP contribution in [-0.2, 0) is 9.84 Å². The molecule has 0 radical (unpaired) electrons. The van der Waals surface area contributed by atoms with Crippen LogP contribution in [0.3, 0.4) is 0 Å². The van der Waals surface area contributed by atoms with Gasteiger partial charge in [0.15, 0.2) is 15.0 Å². The first-order valence-electron chi connectivity index (χ1n) is 8.02. The summed E-state index contributed by atoms with van der Waals surface area (Å²) in [5.74, 6) is -0.487. The van der Waals surface area contributed by atoms with Gasteiger partial charge in [-0.05, 0) is 32.0 Å². The van der Waals surface area contributed by atoms with Crippen LogP contribution < -0.4 is 5.32 Å². The Hall–Kier alpha value is -2.63. The minimum atomic E-state index is -3.49. The quantitative estimate of drug-likeness (QED) is 0.456. The number of benzene rings is 1. The number of nitrogens with zero attached hydrogens (tertiary/aromatic N) is 2. The molecule has 0 aliphatic heterocycles. The highest BCUT2D eigenvalue weighted by molar-refractivity contribution is 7.92. The van der Waals surface area contributed by atoms with Gasteiger partial charge in [-0.3, -0.25) is 20.2 Å². The van der Waals surface area contributed by atoms with Gasteiger partial charge in [0.2, 0.25) is 0 Å². The third-order valence-corrected chi connectivity index (χ3v) is 7.67. The highest BCUT2D eigenvalue weighted by atomic mass is 32.2. The number of aromatic nitrogens is 1. The lowest BCUT2D eigenvalue weighted by molar-refractivity contribution is -0.384. The first-order chi connectivity index (χ1) is 13.2. The molecule has 2 aromatic heterocycles. The summed E-state index contributed by atoms with van der Waals surface area (Å²) in [6, 6.07) is 7.25. The van der Waals surface area contributed by atoms with E-state index in [0.717, 1.165) is 0 Å². The summed E-state index contributed by atoms with van der Waals surface area (Å²) in [6.07, 6.45) is 0. The van der Waals surface area contributed by atoms with Crippen molar-refractivity contribution < 1.29 is 18.1 Å². The van der Waals surface area contributed by atoms with Crippen molar-refractivity contribution in [2.75, 3.05) is 5.32 Å². The average Bonchev–Trinajstić information content (AvgIpc) is 3.31. The molecule has 1 aromatic carbocycles. The summed E-state index contributed by atoms with van der Waals surface area (Å²) in [7, 11) is -3.49. The molecule has 0 saturated heterocycles. The molecule has 0 bridgehead atoms. The SMILES string of the molecule is CC(C)S(=O)(=O)c1cccc(C(=O)Nc2nc(-c3cc([N+](=O)[O-])cs3)cs2)c1. The first-order valence-corrected chi connectivity index (χ1v) is 11.3. The Labute approximate surface area is 168 Å². The first kappa shape index (κ1) is 20.1. The van der Waals surface area contributed by atoms with Crippen LogP contribution in [0.2, 0.25) is 0 Å². The number of hydrogen-bond donors (Lipinski definition) is 1. The third kappa shape index (κ3) is 4.11. The van der Waals surface area contributed by atoms with Crippen LogP contribution in [0, 0.1) is 10.1 Å². The van der Waals surface area contributed by atoms with Crippen molar-refractivity contribution in [2.24, 2.45) is 0 Å². The van der Waals surface area contributed by atoms with E-state index in [4.69, 9.17) is 0 Å². The molecule has 0 aliphatic carbocycles. The summed E-state index contributed by atoms with van der Waals surface area (Å²) in [4.78, 5) is 27.8. The highest BCUT2D eigenvalue weighted by Gasteiger charge is 2.21. The predicted molar refractivity (Wildman–Crippen MR) is 109 cm³/mol. The lowest BCUT2D eigenvalue weighted by Gasteiger charge is -2.09. The summed E-state index contributed by atoms with van der Waals surface area (Å²) in [5, 5.41) is 16.2. The predicted octanol–water partition coefficient (Wildman–Crippen LogP) is 4.21. The van der Waals surface area contributed by atoms with Gasteiger partial charge in [-0.2, -0.15) is 0 Å². The largest absolute Gasteiger partial charge is 0.298 e. The number of amides is 1. The van der Waals surface area contributed by atoms with Crippen molar-refractivity contribution in [3.63, 3.8) is 0 Å². The Bertz CT molecular complexity index is 1150. The number of nitrogens with one attached hydrogen (secondary N) is 1. The monoisotopic (exact) mass is 437 g/mol. The Balaban J connectivity index is 1.79. The number of thiophene rings is 1. The van der Waals surface area contributed by atoms with Crippen LogP contribution in [0.4, 0.5) is 10.8 Å². The molecule has 11 heteroatoms. The molecular formula is C17H15N3O5S3. The van der Waals surface area contributed by atoms with E-state index < -0.39 is 25.9 Å². The molecule has 28 heavy (non-hydrogen) atoms. The van der Waals surface area contributed by atoms with Crippen LogP contribution >= 0.6 is 22.7 Å². The summed E-state index contributed by atoms with van der Waals surface area (Å²) >= 11 is 2.37. The van der Waals surface area contributed by atoms with E-state index in [1.54, 1.807) is 19.2 Å². The standard InChI is InChI=1S/C17H15N3O5S3/c1-10(2)28(24,25)13-5-3-4-11(6-13)16(21)19-17-18-14(9-27-17)15-7-12(8-26-15)20(22)23/h3-10H,1-2H3,(H,18,19,21). The van der Waals surface area contributed by atoms with Gasteiger partial charge in [0.1, 0.15) is 0 Å². The fraction of sp³-hybridized carbons (Fsp3) is 0.176. The molecule has 3 aromatic rings. The van der Waals surface area contributed by atoms with Crippen molar-refractivity contribution in [1.82, 2.24) is 4.98 Å². The number of rotatable bonds is 6. The van der Waals surface area contributed by atoms with Crippen molar-refractivity contribution in [3.8, 4) is 10.6 Å². The van der Waals surface area contributed by atoms with Crippen molar-refractivity contribution in [2.45, 2.75) is 24.0 Å². The summed E-state index contributed by atoms with van der Waals surface area (Å²) in [6.45, 7) is 3.15. The zero-order valence-corrected chi connectivity index (χ0v) is 17.2. The molecule has 2 heterocycles. The van der Waals surface area contributed by atoms with Crippen molar-refractivity contribution in [3.05, 3.63) is 56.8 Å². The lowest BCUT2D eigenvalue weighted by Crippen LogP contribution is -2.16. The fourth-order valence-electron chi connectivity index (χ4n) is 2.26. The normalized spacial score (nSPS) is 11.5. The van der Waals surface area contributed by atoms with Crippen LogP contribution in [0.15, 0.2) is 46.0 Å². The van der Waals surface area contributed by atoms with Gasteiger partial charge in [0, 0.05) is 17.0 Å². The molecule has 0 aliphatic rings. The molecule has 8 nitrogen and oxygen atoms in total. The van der Waals surface area contributed by atoms with Gasteiger partial charge in [-0.1, -0.05) is 6.07 Å². The molecular weight excluding hydrogens is 422 g/mol. The molecule has 146 valence electrons. The second-order valence-electron chi connectivity index (χ2n) is 6.04. The van der Waals surface area contributed by atoms with E-state index in [2.05, 4.69) is 10.3 Å². The van der Waals surface area contributed by atoms with E-state index in [-0.39, 0.29) is 16.1 Å². The second kappa shape index (κ2) is 7.78. The minimum Gasteiger partial charge on any atom is -0.298 e. The van der Waals surface area contributed by atoms with Gasteiger partial charge in [0.05, 0.1) is 31.0 Å². The van der Waals surface area contributed by atoms with E-state index in [1.807, 2.05) is 0 Å². The number of carbonyl (C=O) groups excluding carboxylic acids is 1. The number of nitro groups is 1. The number of sulfone groups is 1. The maximum atomic E-state index is 12.5. The maximum Gasteiger partial charge on any atom is 0.280 e. The maximum absolute atomic E-state index is 12.5. The number of thiazole rings is 1. The molecule has 0 fully saturated rings. The number of carbonyl (C=O) groups is 1. The lowest BCUT2D eigenvalue weighted by atomic mass is 10.2. The van der Waals surface area contributed by atoms with Crippen molar-refractivity contribution >= 4 is 49.2 Å². The Morgan fingerprint density at radius 1 is 1.21 bits per heavy atom. The molecule has 1 amide bonds. The Morgan fingerprint density at radius 3 is 2.61 bits per heavy atom. The Morgan fingerprint density at radius 2 is 1.96 bits per heavy atom. The van der Waals surface area contributed by atoms with Gasteiger partial charge < -0.3 is 0 Å².